The van der Waals surface area contributed by atoms with Crippen LogP contribution < -0.4 is 10.0 Å². The molecule has 0 atom stereocenters. The monoisotopic (exact) mass is 417 g/mol. The molecule has 29 heavy (non-hydrogen) atoms. The zero-order chi connectivity index (χ0) is 21.0. The van der Waals surface area contributed by atoms with E-state index in [4.69, 9.17) is 0 Å². The molecule has 3 rings (SSSR count). The lowest BCUT2D eigenvalue weighted by Crippen LogP contribution is -2.36. The quantitative estimate of drug-likeness (QED) is 0.548. The van der Waals surface area contributed by atoms with Crippen molar-refractivity contribution in [3.05, 3.63) is 63.7 Å². The van der Waals surface area contributed by atoms with E-state index in [0.29, 0.717) is 11.3 Å². The average molecular weight is 417 g/mol. The van der Waals surface area contributed by atoms with Crippen molar-refractivity contribution in [1.82, 2.24) is 4.72 Å². The van der Waals surface area contributed by atoms with E-state index in [0.717, 1.165) is 32.1 Å². The number of carbonyl (C=O) groups is 1. The number of hydrogen-bond acceptors (Lipinski definition) is 5. The average Bonchev–Trinajstić information content (AvgIpc) is 2.68. The van der Waals surface area contributed by atoms with Gasteiger partial charge in [0, 0.05) is 28.9 Å². The molecule has 9 heteroatoms. The van der Waals surface area contributed by atoms with E-state index < -0.39 is 20.9 Å². The second-order valence-corrected chi connectivity index (χ2v) is 8.91. The second-order valence-electron chi connectivity index (χ2n) is 7.19. The fraction of sp³-hybridized carbons (Fsp3) is 0.350. The molecule has 0 spiro atoms. The van der Waals surface area contributed by atoms with Gasteiger partial charge in [0.15, 0.2) is 0 Å². The van der Waals surface area contributed by atoms with Crippen molar-refractivity contribution in [3.63, 3.8) is 0 Å². The van der Waals surface area contributed by atoms with Crippen LogP contribution in [0, 0.1) is 17.0 Å². The molecule has 0 bridgehead atoms. The van der Waals surface area contributed by atoms with Gasteiger partial charge in [-0.25, -0.2) is 13.1 Å². The minimum Gasteiger partial charge on any atom is -0.322 e. The highest BCUT2D eigenvalue weighted by molar-refractivity contribution is 7.89. The van der Waals surface area contributed by atoms with E-state index in [-0.39, 0.29) is 22.2 Å². The molecule has 8 nitrogen and oxygen atoms in total. The molecule has 2 N–H and O–H groups in total. The van der Waals surface area contributed by atoms with Crippen LogP contribution in [0.15, 0.2) is 47.4 Å². The number of hydrogen-bond donors (Lipinski definition) is 2. The number of anilines is 1. The van der Waals surface area contributed by atoms with Gasteiger partial charge in [0.05, 0.1) is 9.82 Å². The third-order valence-corrected chi connectivity index (χ3v) is 6.54. The van der Waals surface area contributed by atoms with Crippen molar-refractivity contribution in [2.45, 2.75) is 50.0 Å². The van der Waals surface area contributed by atoms with Gasteiger partial charge in [0.2, 0.25) is 10.0 Å². The second kappa shape index (κ2) is 8.71. The highest BCUT2D eigenvalue weighted by Gasteiger charge is 2.22. The van der Waals surface area contributed by atoms with Gasteiger partial charge in [-0.2, -0.15) is 0 Å². The van der Waals surface area contributed by atoms with Gasteiger partial charge < -0.3 is 5.32 Å². The van der Waals surface area contributed by atoms with Crippen molar-refractivity contribution in [2.75, 3.05) is 5.32 Å². The van der Waals surface area contributed by atoms with Crippen molar-refractivity contribution < 1.29 is 18.1 Å². The van der Waals surface area contributed by atoms with Gasteiger partial charge in [-0.1, -0.05) is 19.3 Å². The summed E-state index contributed by atoms with van der Waals surface area (Å²) < 4.78 is 27.8. The van der Waals surface area contributed by atoms with E-state index in [9.17, 15) is 23.3 Å². The first kappa shape index (κ1) is 20.9. The lowest BCUT2D eigenvalue weighted by molar-refractivity contribution is -0.385. The highest BCUT2D eigenvalue weighted by Crippen LogP contribution is 2.22. The molecular formula is C20H23N3O5S. The molecule has 0 saturated heterocycles. The van der Waals surface area contributed by atoms with Gasteiger partial charge in [0.1, 0.15) is 0 Å². The summed E-state index contributed by atoms with van der Waals surface area (Å²) in [6.07, 6.45) is 4.89. The summed E-state index contributed by atoms with van der Waals surface area (Å²) in [7, 11) is -3.60. The van der Waals surface area contributed by atoms with Crippen LogP contribution >= 0.6 is 0 Å². The lowest BCUT2D eigenvalue weighted by atomic mass is 9.96. The van der Waals surface area contributed by atoms with Crippen molar-refractivity contribution in [1.29, 1.82) is 0 Å². The van der Waals surface area contributed by atoms with Crippen LogP contribution in [0.5, 0.6) is 0 Å². The molecule has 0 aromatic heterocycles. The molecule has 2 aromatic carbocycles. The predicted octanol–water partition coefficient (Wildman–Crippen LogP) is 3.77. The van der Waals surface area contributed by atoms with Crippen LogP contribution in [0.4, 0.5) is 11.4 Å². The fourth-order valence-corrected chi connectivity index (χ4v) is 4.74. The van der Waals surface area contributed by atoms with Gasteiger partial charge in [-0.3, -0.25) is 14.9 Å². The van der Waals surface area contributed by atoms with E-state index in [1.54, 1.807) is 6.92 Å². The summed E-state index contributed by atoms with van der Waals surface area (Å²) in [4.78, 5) is 22.9. The minimum absolute atomic E-state index is 0.0292. The number of sulfonamides is 1. The van der Waals surface area contributed by atoms with Gasteiger partial charge in [-0.05, 0) is 56.2 Å². The highest BCUT2D eigenvalue weighted by atomic mass is 32.2. The zero-order valence-electron chi connectivity index (χ0n) is 16.1. The number of nitro benzene ring substituents is 1. The maximum Gasteiger partial charge on any atom is 0.272 e. The standard InChI is InChI=1S/C20H23N3O5S/c1-14-13-15(7-12-19(14)23(25)26)20(24)21-16-8-10-18(11-9-16)29(27,28)22-17-5-3-2-4-6-17/h7-13,17,22H,2-6H2,1H3,(H,21,24). The third kappa shape index (κ3) is 5.18. The molecule has 0 radical (unpaired) electrons. The number of nitrogens with one attached hydrogen (secondary N) is 2. The number of aryl methyl sites for hydroxylation is 1. The Balaban J connectivity index is 1.67. The Morgan fingerprint density at radius 2 is 1.72 bits per heavy atom. The molecule has 2 aromatic rings. The van der Waals surface area contributed by atoms with Crippen molar-refractivity contribution in [3.8, 4) is 0 Å². The van der Waals surface area contributed by atoms with E-state index >= 15 is 0 Å². The topological polar surface area (TPSA) is 118 Å². The molecule has 0 heterocycles. The van der Waals surface area contributed by atoms with Crippen LogP contribution in [-0.4, -0.2) is 25.3 Å². The largest absolute Gasteiger partial charge is 0.322 e. The Kier molecular flexibility index (Phi) is 6.29. The molecule has 1 aliphatic carbocycles. The van der Waals surface area contributed by atoms with Crippen LogP contribution in [0.25, 0.3) is 0 Å². The number of amides is 1. The van der Waals surface area contributed by atoms with Gasteiger partial charge >= 0.3 is 0 Å². The number of rotatable bonds is 6. The Hall–Kier alpha value is -2.78. The zero-order valence-corrected chi connectivity index (χ0v) is 16.9. The summed E-state index contributed by atoms with van der Waals surface area (Å²) in [5.41, 5.74) is 1.05. The van der Waals surface area contributed by atoms with Crippen LogP contribution in [0.2, 0.25) is 0 Å². The molecule has 1 amide bonds. The third-order valence-electron chi connectivity index (χ3n) is 5.01. The summed E-state index contributed by atoms with van der Waals surface area (Å²) in [6, 6.07) is 10.0. The minimum atomic E-state index is -3.60. The van der Waals surface area contributed by atoms with Gasteiger partial charge in [0.25, 0.3) is 11.6 Å². The Bertz CT molecular complexity index is 1010. The SMILES string of the molecule is Cc1cc(C(=O)Nc2ccc(S(=O)(=O)NC3CCCCC3)cc2)ccc1[N+](=O)[O-]. The number of nitrogens with zero attached hydrogens (tertiary/aromatic N) is 1. The first-order valence-electron chi connectivity index (χ1n) is 9.45. The van der Waals surface area contributed by atoms with E-state index in [1.165, 1.54) is 42.5 Å². The van der Waals surface area contributed by atoms with E-state index in [1.807, 2.05) is 0 Å². The normalized spacial score (nSPS) is 15.1. The van der Waals surface area contributed by atoms with Gasteiger partial charge in [-0.15, -0.1) is 0 Å². The number of benzene rings is 2. The maximum absolute atomic E-state index is 12.5. The summed E-state index contributed by atoms with van der Waals surface area (Å²) >= 11 is 0. The Morgan fingerprint density at radius 3 is 2.31 bits per heavy atom. The summed E-state index contributed by atoms with van der Waals surface area (Å²) in [5, 5.41) is 13.6. The molecule has 0 unspecified atom stereocenters. The Labute approximate surface area is 169 Å². The van der Waals surface area contributed by atoms with Crippen LogP contribution in [0.1, 0.15) is 48.0 Å². The molecule has 154 valence electrons. The summed E-state index contributed by atoms with van der Waals surface area (Å²) in [5.74, 6) is -0.432. The predicted molar refractivity (Wildman–Crippen MR) is 109 cm³/mol. The maximum atomic E-state index is 12.5. The van der Waals surface area contributed by atoms with Crippen LogP contribution in [-0.2, 0) is 10.0 Å². The smallest absolute Gasteiger partial charge is 0.272 e. The molecule has 1 aliphatic rings. The first-order valence-corrected chi connectivity index (χ1v) is 10.9. The Morgan fingerprint density at radius 1 is 1.07 bits per heavy atom. The van der Waals surface area contributed by atoms with Crippen molar-refractivity contribution >= 4 is 27.3 Å². The van der Waals surface area contributed by atoms with Crippen molar-refractivity contribution in [2.24, 2.45) is 0 Å². The number of nitro groups is 1. The molecular weight excluding hydrogens is 394 g/mol. The van der Waals surface area contributed by atoms with E-state index in [2.05, 4.69) is 10.0 Å². The number of carbonyl (C=O) groups excluding carboxylic acids is 1. The van der Waals surface area contributed by atoms with Crippen LogP contribution in [0.3, 0.4) is 0 Å². The fourth-order valence-electron chi connectivity index (χ4n) is 3.43. The lowest BCUT2D eigenvalue weighted by Gasteiger charge is -2.22. The molecule has 0 aliphatic heterocycles. The summed E-state index contributed by atoms with van der Waals surface area (Å²) in [6.45, 7) is 1.56. The molecule has 1 saturated carbocycles. The first-order chi connectivity index (χ1) is 13.8. The molecule has 1 fully saturated rings.